The predicted octanol–water partition coefficient (Wildman–Crippen LogP) is 5.36. The van der Waals surface area contributed by atoms with Gasteiger partial charge in [-0.25, -0.2) is 0 Å². The van der Waals surface area contributed by atoms with Crippen molar-refractivity contribution in [3.05, 3.63) is 12.4 Å². The van der Waals surface area contributed by atoms with Crippen molar-refractivity contribution in [2.75, 3.05) is 13.2 Å². The first-order valence-corrected chi connectivity index (χ1v) is 8.92. The third-order valence-electron chi connectivity index (χ3n) is 4.28. The molecule has 1 rings (SSSR count). The summed E-state index contributed by atoms with van der Waals surface area (Å²) >= 11 is 0. The topological polar surface area (TPSA) is 6.48 Å². The van der Waals surface area contributed by atoms with Gasteiger partial charge in [0, 0.05) is 25.0 Å². The zero-order chi connectivity index (χ0) is 14.6. The minimum Gasteiger partial charge on any atom is -0.359 e. The van der Waals surface area contributed by atoms with Crippen LogP contribution in [0.25, 0.3) is 0 Å². The lowest BCUT2D eigenvalue weighted by molar-refractivity contribution is 0.228. The van der Waals surface area contributed by atoms with Crippen molar-refractivity contribution >= 4 is 0 Å². The van der Waals surface area contributed by atoms with Gasteiger partial charge in [-0.05, 0) is 20.3 Å². The Bertz CT molecular complexity index is 248. The molecule has 0 aromatic carbocycles. The van der Waals surface area contributed by atoms with Crippen molar-refractivity contribution < 1.29 is 0 Å². The predicted molar refractivity (Wildman–Crippen MR) is 89.5 cm³/mol. The molecule has 0 spiro atoms. The largest absolute Gasteiger partial charge is 0.359 e. The second-order valence-electron chi connectivity index (χ2n) is 6.54. The standard InChI is InChI=1S/C18H36N2/c1-4-5-6-7-8-9-10-11-12-13-14-19-15-16-20(17-19)18(2)3/h15-16,18H,4-14,17H2,1-3H3. The van der Waals surface area contributed by atoms with E-state index in [9.17, 15) is 0 Å². The fraction of sp³-hybridized carbons (Fsp3) is 0.889. The molecule has 0 aromatic rings. The molecule has 0 bridgehead atoms. The second-order valence-corrected chi connectivity index (χ2v) is 6.54. The lowest BCUT2D eigenvalue weighted by Gasteiger charge is -2.24. The van der Waals surface area contributed by atoms with E-state index in [-0.39, 0.29) is 0 Å². The van der Waals surface area contributed by atoms with Crippen LogP contribution in [0.5, 0.6) is 0 Å². The Morgan fingerprint density at radius 2 is 1.35 bits per heavy atom. The lowest BCUT2D eigenvalue weighted by atomic mass is 10.1. The Kier molecular flexibility index (Phi) is 9.61. The van der Waals surface area contributed by atoms with E-state index in [0.29, 0.717) is 6.04 Å². The van der Waals surface area contributed by atoms with E-state index in [1.54, 1.807) is 0 Å². The Balaban J connectivity index is 1.83. The smallest absolute Gasteiger partial charge is 0.0896 e. The van der Waals surface area contributed by atoms with Gasteiger partial charge >= 0.3 is 0 Å². The van der Waals surface area contributed by atoms with Crippen LogP contribution in [0.15, 0.2) is 12.4 Å². The average molecular weight is 281 g/mol. The van der Waals surface area contributed by atoms with Crippen LogP contribution >= 0.6 is 0 Å². The fourth-order valence-corrected chi connectivity index (χ4v) is 2.77. The highest BCUT2D eigenvalue weighted by Gasteiger charge is 2.13. The van der Waals surface area contributed by atoms with Gasteiger partial charge < -0.3 is 9.80 Å². The average Bonchev–Trinajstić information content (AvgIpc) is 2.90. The van der Waals surface area contributed by atoms with E-state index in [1.807, 2.05) is 0 Å². The number of unbranched alkanes of at least 4 members (excludes halogenated alkanes) is 9. The van der Waals surface area contributed by atoms with Crippen molar-refractivity contribution in [3.63, 3.8) is 0 Å². The molecule has 0 N–H and O–H groups in total. The van der Waals surface area contributed by atoms with Gasteiger partial charge in [0.15, 0.2) is 0 Å². The van der Waals surface area contributed by atoms with Crippen LogP contribution in [0.3, 0.4) is 0 Å². The van der Waals surface area contributed by atoms with E-state index < -0.39 is 0 Å². The Morgan fingerprint density at radius 1 is 0.800 bits per heavy atom. The zero-order valence-electron chi connectivity index (χ0n) is 14.1. The van der Waals surface area contributed by atoms with Crippen LogP contribution in [0.2, 0.25) is 0 Å². The van der Waals surface area contributed by atoms with E-state index >= 15 is 0 Å². The number of hydrogen-bond donors (Lipinski definition) is 0. The van der Waals surface area contributed by atoms with E-state index in [2.05, 4.69) is 43.0 Å². The number of hydrogen-bond acceptors (Lipinski definition) is 2. The molecule has 118 valence electrons. The zero-order valence-corrected chi connectivity index (χ0v) is 14.1. The van der Waals surface area contributed by atoms with Gasteiger partial charge in [-0.3, -0.25) is 0 Å². The molecule has 0 radical (unpaired) electrons. The normalized spacial score (nSPS) is 14.8. The van der Waals surface area contributed by atoms with Gasteiger partial charge in [0.05, 0.1) is 6.67 Å². The summed E-state index contributed by atoms with van der Waals surface area (Å²) in [6.07, 6.45) is 18.7. The van der Waals surface area contributed by atoms with Crippen molar-refractivity contribution in [2.24, 2.45) is 0 Å². The first kappa shape index (κ1) is 17.4. The fourth-order valence-electron chi connectivity index (χ4n) is 2.77. The van der Waals surface area contributed by atoms with Crippen LogP contribution in [0.1, 0.15) is 85.0 Å². The summed E-state index contributed by atoms with van der Waals surface area (Å²) in [6.45, 7) is 9.13. The molecule has 0 amide bonds. The van der Waals surface area contributed by atoms with Gasteiger partial charge in [0.2, 0.25) is 0 Å². The van der Waals surface area contributed by atoms with Gasteiger partial charge in [-0.2, -0.15) is 0 Å². The van der Waals surface area contributed by atoms with Crippen molar-refractivity contribution in [2.45, 2.75) is 91.0 Å². The van der Waals surface area contributed by atoms with Gasteiger partial charge in [-0.1, -0.05) is 64.7 Å². The van der Waals surface area contributed by atoms with Gasteiger partial charge in [-0.15, -0.1) is 0 Å². The molecule has 0 saturated carbocycles. The molecule has 0 atom stereocenters. The molecule has 1 aliphatic rings. The summed E-state index contributed by atoms with van der Waals surface area (Å²) in [4.78, 5) is 4.85. The maximum absolute atomic E-state index is 2.45. The highest BCUT2D eigenvalue weighted by molar-refractivity contribution is 4.91. The minimum absolute atomic E-state index is 0.629. The Labute approximate surface area is 127 Å². The second kappa shape index (κ2) is 11.0. The monoisotopic (exact) mass is 280 g/mol. The molecule has 0 aromatic heterocycles. The van der Waals surface area contributed by atoms with Crippen LogP contribution in [0.4, 0.5) is 0 Å². The highest BCUT2D eigenvalue weighted by Crippen LogP contribution is 2.13. The summed E-state index contributed by atoms with van der Waals surface area (Å²) in [5, 5.41) is 0. The molecular weight excluding hydrogens is 244 g/mol. The van der Waals surface area contributed by atoms with Crippen LogP contribution in [0, 0.1) is 0 Å². The molecular formula is C18H36N2. The molecule has 1 aliphatic heterocycles. The van der Waals surface area contributed by atoms with E-state index in [1.165, 1.54) is 70.8 Å². The molecule has 0 saturated heterocycles. The molecule has 0 aliphatic carbocycles. The van der Waals surface area contributed by atoms with Gasteiger partial charge in [0.1, 0.15) is 0 Å². The van der Waals surface area contributed by atoms with E-state index in [4.69, 9.17) is 0 Å². The summed E-state index contributed by atoms with van der Waals surface area (Å²) in [6, 6.07) is 0.629. The molecule has 20 heavy (non-hydrogen) atoms. The van der Waals surface area contributed by atoms with Crippen molar-refractivity contribution in [1.29, 1.82) is 0 Å². The van der Waals surface area contributed by atoms with Crippen LogP contribution in [-0.4, -0.2) is 29.1 Å². The number of nitrogens with zero attached hydrogens (tertiary/aromatic N) is 2. The first-order chi connectivity index (χ1) is 9.74. The summed E-state index contributed by atoms with van der Waals surface area (Å²) in [7, 11) is 0. The maximum Gasteiger partial charge on any atom is 0.0896 e. The summed E-state index contributed by atoms with van der Waals surface area (Å²) in [5.41, 5.74) is 0. The SMILES string of the molecule is CCCCCCCCCCCCN1C=CN(C(C)C)C1. The maximum atomic E-state index is 2.45. The molecule has 0 unspecified atom stereocenters. The third-order valence-corrected chi connectivity index (χ3v) is 4.28. The van der Waals surface area contributed by atoms with Crippen LogP contribution in [-0.2, 0) is 0 Å². The first-order valence-electron chi connectivity index (χ1n) is 8.92. The molecule has 2 nitrogen and oxygen atoms in total. The minimum atomic E-state index is 0.629. The highest BCUT2D eigenvalue weighted by atomic mass is 15.3. The summed E-state index contributed by atoms with van der Waals surface area (Å²) < 4.78 is 0. The Morgan fingerprint density at radius 3 is 1.85 bits per heavy atom. The number of rotatable bonds is 12. The molecule has 1 heterocycles. The van der Waals surface area contributed by atoms with Gasteiger partial charge in [0.25, 0.3) is 0 Å². The van der Waals surface area contributed by atoms with Crippen molar-refractivity contribution in [1.82, 2.24) is 9.80 Å². The summed E-state index contributed by atoms with van der Waals surface area (Å²) in [5.74, 6) is 0. The molecule has 0 fully saturated rings. The van der Waals surface area contributed by atoms with E-state index in [0.717, 1.165) is 6.67 Å². The molecule has 2 heteroatoms. The Hall–Kier alpha value is -0.660. The third kappa shape index (κ3) is 7.81. The van der Waals surface area contributed by atoms with Crippen LogP contribution < -0.4 is 0 Å². The lowest BCUT2D eigenvalue weighted by Crippen LogP contribution is -2.30. The quantitative estimate of drug-likeness (QED) is 0.444. The van der Waals surface area contributed by atoms with Crippen molar-refractivity contribution in [3.8, 4) is 0 Å².